The van der Waals surface area contributed by atoms with Gasteiger partial charge < -0.3 is 15.0 Å². The maximum absolute atomic E-state index is 12.3. The van der Waals surface area contributed by atoms with Gasteiger partial charge in [0.25, 0.3) is 0 Å². The third-order valence-corrected chi connectivity index (χ3v) is 4.25. The minimum atomic E-state index is -0.485. The molecule has 0 bridgehead atoms. The topological polar surface area (TPSA) is 96.1 Å². The number of fused-ring (bicyclic) bond motifs is 2. The second-order valence-corrected chi connectivity index (χ2v) is 5.85. The number of methoxy groups -OCH3 is 1. The van der Waals surface area contributed by atoms with Crippen LogP contribution in [0.15, 0.2) is 42.5 Å². The number of aromatic amines is 1. The number of H-pyrrole nitrogens is 1. The van der Waals surface area contributed by atoms with Gasteiger partial charge in [0.2, 0.25) is 17.8 Å². The van der Waals surface area contributed by atoms with E-state index in [-0.39, 0.29) is 18.2 Å². The molecule has 7 nitrogen and oxygen atoms in total. The summed E-state index contributed by atoms with van der Waals surface area (Å²) in [5.41, 5.74) is 3.09. The van der Waals surface area contributed by atoms with Gasteiger partial charge in [0.15, 0.2) is 0 Å². The highest BCUT2D eigenvalue weighted by Crippen LogP contribution is 2.34. The number of carbonyl (C=O) groups is 2. The monoisotopic (exact) mass is 336 g/mol. The van der Waals surface area contributed by atoms with Crippen LogP contribution in [0.3, 0.4) is 0 Å². The number of aromatic nitrogens is 2. The van der Waals surface area contributed by atoms with Crippen LogP contribution in [0.1, 0.15) is 17.9 Å². The number of para-hydroxylation sites is 1. The SMILES string of the molecule is COc1ccc2nc(NC(=O)CC3C(=O)Nc4ccccc43)[nH]c2c1. The number of hydrogen-bond acceptors (Lipinski definition) is 4. The Morgan fingerprint density at radius 1 is 1.28 bits per heavy atom. The molecule has 0 saturated heterocycles. The lowest BCUT2D eigenvalue weighted by Gasteiger charge is -2.08. The van der Waals surface area contributed by atoms with E-state index >= 15 is 0 Å². The van der Waals surface area contributed by atoms with E-state index in [1.54, 1.807) is 25.3 Å². The van der Waals surface area contributed by atoms with Gasteiger partial charge >= 0.3 is 0 Å². The minimum Gasteiger partial charge on any atom is -0.497 e. The van der Waals surface area contributed by atoms with Gasteiger partial charge in [-0.25, -0.2) is 4.98 Å². The van der Waals surface area contributed by atoms with E-state index in [0.717, 1.165) is 22.3 Å². The van der Waals surface area contributed by atoms with Crippen LogP contribution in [0.5, 0.6) is 5.75 Å². The fourth-order valence-corrected chi connectivity index (χ4v) is 3.02. The molecule has 3 aromatic rings. The number of amides is 2. The van der Waals surface area contributed by atoms with Gasteiger partial charge in [-0.05, 0) is 23.8 Å². The van der Waals surface area contributed by atoms with E-state index in [4.69, 9.17) is 4.74 Å². The zero-order chi connectivity index (χ0) is 17.4. The van der Waals surface area contributed by atoms with E-state index in [9.17, 15) is 9.59 Å². The van der Waals surface area contributed by atoms with E-state index < -0.39 is 5.92 Å². The van der Waals surface area contributed by atoms with Crippen LogP contribution in [0.25, 0.3) is 11.0 Å². The van der Waals surface area contributed by atoms with Gasteiger partial charge in [-0.1, -0.05) is 18.2 Å². The molecule has 7 heteroatoms. The first kappa shape index (κ1) is 15.2. The Balaban J connectivity index is 1.50. The molecule has 1 atom stereocenters. The molecule has 2 amide bonds. The zero-order valence-electron chi connectivity index (χ0n) is 13.5. The maximum atomic E-state index is 12.3. The summed E-state index contributed by atoms with van der Waals surface area (Å²) in [5.74, 6) is 0.127. The number of imidazole rings is 1. The summed E-state index contributed by atoms with van der Waals surface area (Å²) in [7, 11) is 1.59. The molecule has 1 aromatic heterocycles. The molecule has 0 aliphatic carbocycles. The molecule has 2 heterocycles. The Kier molecular flexibility index (Phi) is 3.61. The van der Waals surface area contributed by atoms with Crippen molar-refractivity contribution in [2.45, 2.75) is 12.3 Å². The number of ether oxygens (including phenoxy) is 1. The maximum Gasteiger partial charge on any atom is 0.232 e. The number of anilines is 2. The second kappa shape index (κ2) is 5.94. The molecule has 25 heavy (non-hydrogen) atoms. The van der Waals surface area contributed by atoms with Crippen molar-refractivity contribution < 1.29 is 14.3 Å². The molecule has 0 fully saturated rings. The van der Waals surface area contributed by atoms with Crippen molar-refractivity contribution >= 4 is 34.5 Å². The van der Waals surface area contributed by atoms with Gasteiger partial charge in [-0.3, -0.25) is 14.9 Å². The number of carbonyl (C=O) groups excluding carboxylic acids is 2. The van der Waals surface area contributed by atoms with Crippen molar-refractivity contribution in [1.29, 1.82) is 0 Å². The lowest BCUT2D eigenvalue weighted by atomic mass is 9.97. The van der Waals surface area contributed by atoms with Gasteiger partial charge in [0.05, 0.1) is 24.1 Å². The fourth-order valence-electron chi connectivity index (χ4n) is 3.02. The highest BCUT2D eigenvalue weighted by Gasteiger charge is 2.32. The first-order chi connectivity index (χ1) is 12.1. The van der Waals surface area contributed by atoms with Crippen molar-refractivity contribution in [2.24, 2.45) is 0 Å². The first-order valence-electron chi connectivity index (χ1n) is 7.87. The van der Waals surface area contributed by atoms with Crippen molar-refractivity contribution in [2.75, 3.05) is 17.7 Å². The van der Waals surface area contributed by atoms with Gasteiger partial charge in [-0.15, -0.1) is 0 Å². The largest absolute Gasteiger partial charge is 0.497 e. The summed E-state index contributed by atoms with van der Waals surface area (Å²) in [6, 6.07) is 12.8. The third-order valence-electron chi connectivity index (χ3n) is 4.25. The number of rotatable bonds is 4. The fraction of sp³-hybridized carbons (Fsp3) is 0.167. The Hall–Kier alpha value is -3.35. The lowest BCUT2D eigenvalue weighted by Crippen LogP contribution is -2.20. The average molecular weight is 336 g/mol. The smallest absolute Gasteiger partial charge is 0.232 e. The zero-order valence-corrected chi connectivity index (χ0v) is 13.5. The number of benzene rings is 2. The van der Waals surface area contributed by atoms with Gasteiger partial charge in [0.1, 0.15) is 5.75 Å². The summed E-state index contributed by atoms with van der Waals surface area (Å²) in [6.45, 7) is 0. The van der Waals surface area contributed by atoms with Crippen molar-refractivity contribution in [3.05, 3.63) is 48.0 Å². The highest BCUT2D eigenvalue weighted by molar-refractivity contribution is 6.06. The summed E-state index contributed by atoms with van der Waals surface area (Å²) in [4.78, 5) is 31.8. The molecule has 1 unspecified atom stereocenters. The summed E-state index contributed by atoms with van der Waals surface area (Å²) in [5, 5.41) is 5.52. The normalized spacial score (nSPS) is 15.7. The number of nitrogens with zero attached hydrogens (tertiary/aromatic N) is 1. The van der Waals surface area contributed by atoms with Crippen LogP contribution >= 0.6 is 0 Å². The van der Waals surface area contributed by atoms with Crippen LogP contribution in [-0.2, 0) is 9.59 Å². The molecule has 0 radical (unpaired) electrons. The summed E-state index contributed by atoms with van der Waals surface area (Å²) in [6.07, 6.45) is 0.0587. The molecule has 1 aliphatic heterocycles. The average Bonchev–Trinajstić information content (AvgIpc) is 3.14. The van der Waals surface area contributed by atoms with Crippen LogP contribution in [0, 0.1) is 0 Å². The quantitative estimate of drug-likeness (QED) is 0.682. The molecular formula is C18H16N4O3. The van der Waals surface area contributed by atoms with E-state index in [1.807, 2.05) is 24.3 Å². The molecule has 2 aromatic carbocycles. The molecule has 4 rings (SSSR count). The Morgan fingerprint density at radius 3 is 2.96 bits per heavy atom. The van der Waals surface area contributed by atoms with Crippen molar-refractivity contribution in [3.63, 3.8) is 0 Å². The molecular weight excluding hydrogens is 320 g/mol. The number of nitrogens with one attached hydrogen (secondary N) is 3. The van der Waals surface area contributed by atoms with E-state index in [1.165, 1.54) is 0 Å². The summed E-state index contributed by atoms with van der Waals surface area (Å²) < 4.78 is 5.17. The van der Waals surface area contributed by atoms with Crippen molar-refractivity contribution in [1.82, 2.24) is 9.97 Å². The standard InChI is InChI=1S/C18H16N4O3/c1-25-10-6-7-14-15(8-10)21-18(20-14)22-16(23)9-12-11-4-2-3-5-13(11)19-17(12)24/h2-8,12H,9H2,1H3,(H,19,24)(H2,20,21,22,23). The highest BCUT2D eigenvalue weighted by atomic mass is 16.5. The first-order valence-corrected chi connectivity index (χ1v) is 7.87. The number of hydrogen-bond donors (Lipinski definition) is 3. The Bertz CT molecular complexity index is 979. The van der Waals surface area contributed by atoms with Crippen molar-refractivity contribution in [3.8, 4) is 5.75 Å². The minimum absolute atomic E-state index is 0.0587. The van der Waals surface area contributed by atoms with Crippen LogP contribution in [0.4, 0.5) is 11.6 Å². The Labute approximate surface area is 143 Å². The van der Waals surface area contributed by atoms with Gasteiger partial charge in [-0.2, -0.15) is 0 Å². The van der Waals surface area contributed by atoms with Crippen LogP contribution < -0.4 is 15.4 Å². The Morgan fingerprint density at radius 2 is 2.12 bits per heavy atom. The molecule has 1 aliphatic rings. The van der Waals surface area contributed by atoms with Crippen LogP contribution in [-0.4, -0.2) is 28.9 Å². The predicted octanol–water partition coefficient (Wildman–Crippen LogP) is 2.64. The van der Waals surface area contributed by atoms with Crippen LogP contribution in [0.2, 0.25) is 0 Å². The third kappa shape index (κ3) is 2.80. The van der Waals surface area contributed by atoms with E-state index in [2.05, 4.69) is 20.6 Å². The summed E-state index contributed by atoms with van der Waals surface area (Å²) >= 11 is 0. The molecule has 3 N–H and O–H groups in total. The lowest BCUT2D eigenvalue weighted by molar-refractivity contribution is -0.122. The van der Waals surface area contributed by atoms with Gasteiger partial charge in [0, 0.05) is 18.2 Å². The molecule has 0 spiro atoms. The molecule has 126 valence electrons. The molecule has 0 saturated carbocycles. The second-order valence-electron chi connectivity index (χ2n) is 5.85. The predicted molar refractivity (Wildman–Crippen MR) is 93.7 cm³/mol. The van der Waals surface area contributed by atoms with E-state index in [0.29, 0.717) is 11.7 Å².